The van der Waals surface area contributed by atoms with Crippen molar-refractivity contribution in [1.29, 1.82) is 0 Å². The average molecular weight is 417 g/mol. The van der Waals surface area contributed by atoms with Gasteiger partial charge < -0.3 is 10.0 Å². The molecule has 2 aromatic carbocycles. The summed E-state index contributed by atoms with van der Waals surface area (Å²) in [5.41, 5.74) is 0.0208. The van der Waals surface area contributed by atoms with Gasteiger partial charge >= 0.3 is 11.9 Å². The average Bonchev–Trinajstić information content (AvgIpc) is 3.16. The summed E-state index contributed by atoms with van der Waals surface area (Å²) < 4.78 is 41.5. The third-order valence-corrected chi connectivity index (χ3v) is 5.68. The number of anilines is 1. The van der Waals surface area contributed by atoms with Crippen LogP contribution in [0.5, 0.6) is 0 Å². The van der Waals surface area contributed by atoms with E-state index < -0.39 is 17.4 Å². The molecular formula is C22H22F3N3O2. The Kier molecular flexibility index (Phi) is 5.27. The van der Waals surface area contributed by atoms with Gasteiger partial charge in [-0.15, -0.1) is 0 Å². The van der Waals surface area contributed by atoms with Crippen LogP contribution in [-0.2, 0) is 6.18 Å². The number of rotatable bonds is 4. The van der Waals surface area contributed by atoms with Crippen LogP contribution in [0.3, 0.4) is 0 Å². The number of aryl methyl sites for hydroxylation is 1. The molecule has 0 spiro atoms. The zero-order valence-corrected chi connectivity index (χ0v) is 16.5. The van der Waals surface area contributed by atoms with E-state index in [0.717, 1.165) is 24.1 Å². The number of aliphatic hydroxyl groups is 1. The Bertz CT molecular complexity index is 1140. The monoisotopic (exact) mass is 417 g/mol. The van der Waals surface area contributed by atoms with Crippen LogP contribution in [0.2, 0.25) is 0 Å². The first kappa shape index (κ1) is 20.4. The summed E-state index contributed by atoms with van der Waals surface area (Å²) in [5.74, 6) is 0.661. The summed E-state index contributed by atoms with van der Waals surface area (Å²) >= 11 is 0. The zero-order chi connectivity index (χ0) is 21.5. The molecular weight excluding hydrogens is 395 g/mol. The quantitative estimate of drug-likeness (QED) is 0.699. The highest BCUT2D eigenvalue weighted by molar-refractivity contribution is 5.91. The standard InChI is InChI=1S/C22H22F3N3O2/c1-14-4-2-3-5-18(14)28-19-12-16(22(23,24)25)6-7-17(19)20(26-21(28)30)27-10-8-15(13-27)9-11-29/h2-7,12,15,29H,8-11,13H2,1H3. The van der Waals surface area contributed by atoms with Crippen LogP contribution in [0.1, 0.15) is 24.0 Å². The van der Waals surface area contributed by atoms with Gasteiger partial charge in [-0.1, -0.05) is 18.2 Å². The summed E-state index contributed by atoms with van der Waals surface area (Å²) in [7, 11) is 0. The van der Waals surface area contributed by atoms with Crippen molar-refractivity contribution in [3.8, 4) is 5.69 Å². The van der Waals surface area contributed by atoms with E-state index in [4.69, 9.17) is 0 Å². The largest absolute Gasteiger partial charge is 0.416 e. The maximum atomic E-state index is 13.4. The fraction of sp³-hybridized carbons (Fsp3) is 0.364. The lowest BCUT2D eigenvalue weighted by Crippen LogP contribution is -2.29. The number of para-hydroxylation sites is 1. The van der Waals surface area contributed by atoms with E-state index >= 15 is 0 Å². The van der Waals surface area contributed by atoms with Crippen LogP contribution in [0.25, 0.3) is 16.6 Å². The highest BCUT2D eigenvalue weighted by Gasteiger charge is 2.32. The summed E-state index contributed by atoms with van der Waals surface area (Å²) in [5, 5.41) is 9.70. The van der Waals surface area contributed by atoms with E-state index in [0.29, 0.717) is 36.4 Å². The van der Waals surface area contributed by atoms with Crippen molar-refractivity contribution in [3.63, 3.8) is 0 Å². The van der Waals surface area contributed by atoms with Crippen molar-refractivity contribution in [1.82, 2.24) is 9.55 Å². The molecule has 3 aromatic rings. The molecule has 1 saturated heterocycles. The molecule has 2 heterocycles. The minimum absolute atomic E-state index is 0.0799. The number of hydrogen-bond acceptors (Lipinski definition) is 4. The first-order valence-electron chi connectivity index (χ1n) is 9.85. The number of halogens is 3. The first-order chi connectivity index (χ1) is 14.3. The van der Waals surface area contributed by atoms with E-state index in [1.807, 2.05) is 4.90 Å². The molecule has 0 radical (unpaired) electrons. The van der Waals surface area contributed by atoms with E-state index in [2.05, 4.69) is 4.98 Å². The van der Waals surface area contributed by atoms with Crippen molar-refractivity contribution >= 4 is 16.7 Å². The number of hydrogen-bond donors (Lipinski definition) is 1. The SMILES string of the molecule is Cc1ccccc1-n1c(=O)nc(N2CCC(CCO)C2)c2ccc(C(F)(F)F)cc21. The molecule has 0 aliphatic carbocycles. The Morgan fingerprint density at radius 3 is 2.67 bits per heavy atom. The van der Waals surface area contributed by atoms with Crippen LogP contribution in [0, 0.1) is 12.8 Å². The summed E-state index contributed by atoms with van der Waals surface area (Å²) in [6.07, 6.45) is -3.04. The molecule has 0 bridgehead atoms. The topological polar surface area (TPSA) is 58.4 Å². The second kappa shape index (κ2) is 7.75. The van der Waals surface area contributed by atoms with Crippen LogP contribution in [0.4, 0.5) is 19.0 Å². The van der Waals surface area contributed by atoms with Gasteiger partial charge in [-0.25, -0.2) is 4.79 Å². The second-order valence-electron chi connectivity index (χ2n) is 7.68. The second-order valence-corrected chi connectivity index (χ2v) is 7.68. The number of nitrogens with zero attached hydrogens (tertiary/aromatic N) is 3. The summed E-state index contributed by atoms with van der Waals surface area (Å²) in [6, 6.07) is 10.5. The molecule has 1 N–H and O–H groups in total. The molecule has 5 nitrogen and oxygen atoms in total. The molecule has 8 heteroatoms. The van der Waals surface area contributed by atoms with Gasteiger partial charge in [-0.05, 0) is 55.5 Å². The maximum Gasteiger partial charge on any atom is 0.416 e. The third kappa shape index (κ3) is 3.67. The van der Waals surface area contributed by atoms with Gasteiger partial charge in [0.25, 0.3) is 0 Å². The smallest absolute Gasteiger partial charge is 0.396 e. The maximum absolute atomic E-state index is 13.4. The molecule has 1 fully saturated rings. The van der Waals surface area contributed by atoms with E-state index in [9.17, 15) is 23.1 Å². The van der Waals surface area contributed by atoms with Gasteiger partial charge in [0, 0.05) is 25.1 Å². The van der Waals surface area contributed by atoms with Crippen LogP contribution in [-0.4, -0.2) is 34.4 Å². The molecule has 1 aliphatic rings. The van der Waals surface area contributed by atoms with E-state index in [1.54, 1.807) is 31.2 Å². The molecule has 1 unspecified atom stereocenters. The minimum atomic E-state index is -4.52. The summed E-state index contributed by atoms with van der Waals surface area (Å²) in [6.45, 7) is 3.13. The Morgan fingerprint density at radius 2 is 1.97 bits per heavy atom. The van der Waals surface area contributed by atoms with Crippen molar-refractivity contribution < 1.29 is 18.3 Å². The Morgan fingerprint density at radius 1 is 1.20 bits per heavy atom. The van der Waals surface area contributed by atoms with Crippen molar-refractivity contribution in [2.45, 2.75) is 25.9 Å². The van der Waals surface area contributed by atoms with Gasteiger partial charge in [0.2, 0.25) is 0 Å². The number of fused-ring (bicyclic) bond motifs is 1. The molecule has 1 aliphatic heterocycles. The van der Waals surface area contributed by atoms with Crippen molar-refractivity contribution in [2.24, 2.45) is 5.92 Å². The zero-order valence-electron chi connectivity index (χ0n) is 16.5. The third-order valence-electron chi connectivity index (χ3n) is 5.68. The number of alkyl halides is 3. The Labute approximate surface area is 171 Å². The molecule has 1 aromatic heterocycles. The van der Waals surface area contributed by atoms with Gasteiger partial charge in [0.1, 0.15) is 5.82 Å². The lowest BCUT2D eigenvalue weighted by atomic mass is 10.1. The fourth-order valence-electron chi connectivity index (χ4n) is 4.12. The number of aromatic nitrogens is 2. The predicted octanol–water partition coefficient (Wildman–Crippen LogP) is 3.92. The highest BCUT2D eigenvalue weighted by Crippen LogP contribution is 2.35. The molecule has 1 atom stereocenters. The molecule has 30 heavy (non-hydrogen) atoms. The molecule has 0 saturated carbocycles. The van der Waals surface area contributed by atoms with Crippen molar-refractivity contribution in [3.05, 3.63) is 64.1 Å². The molecule has 0 amide bonds. The van der Waals surface area contributed by atoms with Crippen LogP contribution < -0.4 is 10.6 Å². The van der Waals surface area contributed by atoms with Gasteiger partial charge in [0.05, 0.1) is 16.8 Å². The molecule has 4 rings (SSSR count). The van der Waals surface area contributed by atoms with Gasteiger partial charge in [0.15, 0.2) is 0 Å². The van der Waals surface area contributed by atoms with E-state index in [-0.39, 0.29) is 18.0 Å². The summed E-state index contributed by atoms with van der Waals surface area (Å²) in [4.78, 5) is 19.2. The number of benzene rings is 2. The minimum Gasteiger partial charge on any atom is -0.396 e. The van der Waals surface area contributed by atoms with Crippen molar-refractivity contribution in [2.75, 3.05) is 24.6 Å². The van der Waals surface area contributed by atoms with Crippen LogP contribution >= 0.6 is 0 Å². The molecule has 158 valence electrons. The van der Waals surface area contributed by atoms with Gasteiger partial charge in [-0.3, -0.25) is 4.57 Å². The Hall–Kier alpha value is -2.87. The lowest BCUT2D eigenvalue weighted by molar-refractivity contribution is -0.137. The fourth-order valence-corrected chi connectivity index (χ4v) is 4.12. The van der Waals surface area contributed by atoms with E-state index in [1.165, 1.54) is 10.6 Å². The first-order valence-corrected chi connectivity index (χ1v) is 9.85. The normalized spacial score (nSPS) is 17.1. The Balaban J connectivity index is 1.96. The lowest BCUT2D eigenvalue weighted by Gasteiger charge is -2.22. The predicted molar refractivity (Wildman–Crippen MR) is 109 cm³/mol. The van der Waals surface area contributed by atoms with Gasteiger partial charge in [-0.2, -0.15) is 18.2 Å². The number of aliphatic hydroxyl groups excluding tert-OH is 1. The highest BCUT2D eigenvalue weighted by atomic mass is 19.4. The van der Waals surface area contributed by atoms with Crippen LogP contribution in [0.15, 0.2) is 47.3 Å².